The van der Waals surface area contributed by atoms with E-state index in [1.807, 2.05) is 68.7 Å². The molecule has 0 saturated carbocycles. The third-order valence-corrected chi connectivity index (χ3v) is 6.49. The van der Waals surface area contributed by atoms with Crippen LogP contribution in [0.1, 0.15) is 41.9 Å². The average Bonchev–Trinajstić information content (AvgIpc) is 3.22. The molecular formula is C30H34N2O4. The van der Waals surface area contributed by atoms with Crippen molar-refractivity contribution in [2.45, 2.75) is 37.8 Å². The molecule has 0 spiro atoms. The van der Waals surface area contributed by atoms with Crippen LogP contribution >= 0.6 is 0 Å². The maximum Gasteiger partial charge on any atom is 0.407 e. The van der Waals surface area contributed by atoms with Crippen molar-refractivity contribution in [2.24, 2.45) is 0 Å². The zero-order valence-electron chi connectivity index (χ0n) is 21.0. The summed E-state index contributed by atoms with van der Waals surface area (Å²) in [6.45, 7) is 1.28. The summed E-state index contributed by atoms with van der Waals surface area (Å²) >= 11 is 0. The Balaban J connectivity index is 1.37. The molecule has 1 aliphatic rings. The minimum absolute atomic E-state index is 0.0354. The molecule has 6 nitrogen and oxygen atoms in total. The van der Waals surface area contributed by atoms with Gasteiger partial charge in [-0.1, -0.05) is 78.9 Å². The number of carbonyl (C=O) groups is 2. The lowest BCUT2D eigenvalue weighted by atomic mass is 9.98. The predicted molar refractivity (Wildman–Crippen MR) is 141 cm³/mol. The highest BCUT2D eigenvalue weighted by atomic mass is 16.6. The molecule has 3 aromatic carbocycles. The summed E-state index contributed by atoms with van der Waals surface area (Å²) in [5.41, 5.74) is 5.54. The average molecular weight is 487 g/mol. The van der Waals surface area contributed by atoms with E-state index in [0.717, 1.165) is 36.1 Å². The van der Waals surface area contributed by atoms with Gasteiger partial charge in [0.1, 0.15) is 19.3 Å². The van der Waals surface area contributed by atoms with Crippen LogP contribution < -0.4 is 5.32 Å². The molecule has 0 radical (unpaired) electrons. The first-order valence-corrected chi connectivity index (χ1v) is 12.5. The van der Waals surface area contributed by atoms with Crippen molar-refractivity contribution in [3.63, 3.8) is 0 Å². The summed E-state index contributed by atoms with van der Waals surface area (Å²) < 4.78 is 11.2. The van der Waals surface area contributed by atoms with E-state index < -0.39 is 18.1 Å². The van der Waals surface area contributed by atoms with Crippen LogP contribution in [0.2, 0.25) is 0 Å². The smallest absolute Gasteiger partial charge is 0.407 e. The lowest BCUT2D eigenvalue weighted by molar-refractivity contribution is -0.147. The number of hydrogen-bond donors (Lipinski definition) is 1. The molecule has 1 amide bonds. The second-order valence-corrected chi connectivity index (χ2v) is 9.41. The Morgan fingerprint density at radius 3 is 2.08 bits per heavy atom. The molecule has 188 valence electrons. The Morgan fingerprint density at radius 1 is 0.833 bits per heavy atom. The second kappa shape index (κ2) is 12.4. The summed E-state index contributed by atoms with van der Waals surface area (Å²) in [7, 11) is 4.03. The SMILES string of the molecule is CN(C)CCCC[C@H](NC(=O)OCC1c2ccccc2-c2ccccc21)C(=O)OCc1ccccc1. The number of nitrogens with zero attached hydrogens (tertiary/aromatic N) is 1. The third kappa shape index (κ3) is 6.52. The number of amides is 1. The molecule has 3 aromatic rings. The van der Waals surface area contributed by atoms with Gasteiger partial charge in [-0.25, -0.2) is 9.59 Å². The molecule has 1 N–H and O–H groups in total. The molecule has 1 atom stereocenters. The first-order valence-electron chi connectivity index (χ1n) is 12.5. The van der Waals surface area contributed by atoms with Crippen LogP contribution in [0.5, 0.6) is 0 Å². The molecule has 6 heteroatoms. The van der Waals surface area contributed by atoms with E-state index in [4.69, 9.17) is 9.47 Å². The molecule has 1 aliphatic carbocycles. The van der Waals surface area contributed by atoms with E-state index >= 15 is 0 Å². The van der Waals surface area contributed by atoms with Crippen LogP contribution in [0.4, 0.5) is 4.79 Å². The molecule has 36 heavy (non-hydrogen) atoms. The Hall–Kier alpha value is -3.64. The predicted octanol–water partition coefficient (Wildman–Crippen LogP) is 5.37. The van der Waals surface area contributed by atoms with Gasteiger partial charge in [0.15, 0.2) is 0 Å². The molecule has 0 unspecified atom stereocenters. The largest absolute Gasteiger partial charge is 0.459 e. The van der Waals surface area contributed by atoms with Crippen molar-refractivity contribution in [3.05, 3.63) is 95.6 Å². The zero-order chi connectivity index (χ0) is 25.3. The summed E-state index contributed by atoms with van der Waals surface area (Å²) in [6, 6.07) is 25.2. The maximum atomic E-state index is 12.9. The number of unbranched alkanes of at least 4 members (excludes halogenated alkanes) is 1. The Bertz CT molecular complexity index is 1120. The normalized spacial score (nSPS) is 13.1. The van der Waals surface area contributed by atoms with Crippen LogP contribution in [0.3, 0.4) is 0 Å². The van der Waals surface area contributed by atoms with Crippen molar-refractivity contribution >= 4 is 12.1 Å². The van der Waals surface area contributed by atoms with Gasteiger partial charge in [0, 0.05) is 5.92 Å². The van der Waals surface area contributed by atoms with Crippen molar-refractivity contribution in [1.29, 1.82) is 0 Å². The maximum absolute atomic E-state index is 12.9. The van der Waals surface area contributed by atoms with Crippen LogP contribution in [-0.4, -0.2) is 50.3 Å². The quantitative estimate of drug-likeness (QED) is 0.292. The topological polar surface area (TPSA) is 67.9 Å². The number of esters is 1. The highest BCUT2D eigenvalue weighted by Crippen LogP contribution is 2.44. The van der Waals surface area contributed by atoms with Crippen LogP contribution in [0.25, 0.3) is 11.1 Å². The van der Waals surface area contributed by atoms with E-state index in [0.29, 0.717) is 6.42 Å². The lowest BCUT2D eigenvalue weighted by Crippen LogP contribution is -2.42. The van der Waals surface area contributed by atoms with Gasteiger partial charge >= 0.3 is 12.1 Å². The van der Waals surface area contributed by atoms with E-state index in [9.17, 15) is 9.59 Å². The summed E-state index contributed by atoms with van der Waals surface area (Å²) in [5.74, 6) is -0.482. The number of rotatable bonds is 11. The monoisotopic (exact) mass is 486 g/mol. The van der Waals surface area contributed by atoms with Gasteiger partial charge in [-0.15, -0.1) is 0 Å². The van der Waals surface area contributed by atoms with E-state index in [1.54, 1.807) is 0 Å². The fraction of sp³-hybridized carbons (Fsp3) is 0.333. The number of carbonyl (C=O) groups excluding carboxylic acids is 2. The Labute approximate surface area is 213 Å². The number of fused-ring (bicyclic) bond motifs is 3. The van der Waals surface area contributed by atoms with Gasteiger partial charge in [-0.2, -0.15) is 0 Å². The number of hydrogen-bond acceptors (Lipinski definition) is 5. The minimum atomic E-state index is -0.758. The van der Waals surface area contributed by atoms with Gasteiger partial charge in [0.25, 0.3) is 0 Å². The molecule has 4 rings (SSSR count). The van der Waals surface area contributed by atoms with Crippen LogP contribution in [-0.2, 0) is 20.9 Å². The Morgan fingerprint density at radius 2 is 1.44 bits per heavy atom. The molecular weight excluding hydrogens is 452 g/mol. The van der Waals surface area contributed by atoms with Crippen LogP contribution in [0, 0.1) is 0 Å². The molecule has 0 fully saturated rings. The molecule has 0 aliphatic heterocycles. The number of benzene rings is 3. The summed E-state index contributed by atoms with van der Waals surface area (Å²) in [5, 5.41) is 2.76. The van der Waals surface area contributed by atoms with Crippen LogP contribution in [0.15, 0.2) is 78.9 Å². The summed E-state index contributed by atoms with van der Waals surface area (Å²) in [4.78, 5) is 27.8. The minimum Gasteiger partial charge on any atom is -0.459 e. The number of alkyl carbamates (subject to hydrolysis) is 1. The zero-order valence-corrected chi connectivity index (χ0v) is 21.0. The Kier molecular flexibility index (Phi) is 8.74. The molecule has 0 bridgehead atoms. The molecule has 0 saturated heterocycles. The second-order valence-electron chi connectivity index (χ2n) is 9.41. The fourth-order valence-corrected chi connectivity index (χ4v) is 4.64. The highest BCUT2D eigenvalue weighted by Gasteiger charge is 2.30. The molecule has 0 aromatic heterocycles. The van der Waals surface area contributed by atoms with Crippen molar-refractivity contribution < 1.29 is 19.1 Å². The van der Waals surface area contributed by atoms with Gasteiger partial charge in [0.05, 0.1) is 0 Å². The van der Waals surface area contributed by atoms with Crippen molar-refractivity contribution in [3.8, 4) is 11.1 Å². The first kappa shape index (κ1) is 25.5. The molecule has 0 heterocycles. The van der Waals surface area contributed by atoms with Gasteiger partial charge < -0.3 is 19.7 Å². The van der Waals surface area contributed by atoms with Gasteiger partial charge in [0.2, 0.25) is 0 Å². The highest BCUT2D eigenvalue weighted by molar-refractivity contribution is 5.82. The van der Waals surface area contributed by atoms with Gasteiger partial charge in [-0.05, 0) is 67.7 Å². The first-order chi connectivity index (χ1) is 17.5. The number of ether oxygens (including phenoxy) is 2. The third-order valence-electron chi connectivity index (χ3n) is 6.49. The van der Waals surface area contributed by atoms with Gasteiger partial charge in [-0.3, -0.25) is 0 Å². The van der Waals surface area contributed by atoms with E-state index in [-0.39, 0.29) is 19.1 Å². The lowest BCUT2D eigenvalue weighted by Gasteiger charge is -2.19. The standard InChI is InChI=1S/C30H34N2O4/c1-32(2)19-11-10-18-28(29(33)35-20-22-12-4-3-5-13-22)31-30(34)36-21-27-25-16-8-6-14-23(25)24-15-7-9-17-26(24)27/h3-9,12-17,27-28H,10-11,18-21H2,1-2H3,(H,31,34)/t28-/m0/s1. The van der Waals surface area contributed by atoms with Crippen molar-refractivity contribution in [2.75, 3.05) is 27.2 Å². The van der Waals surface area contributed by atoms with Crippen molar-refractivity contribution in [1.82, 2.24) is 10.2 Å². The summed E-state index contributed by atoms with van der Waals surface area (Å²) in [6.07, 6.45) is 1.59. The van der Waals surface area contributed by atoms with E-state index in [1.165, 1.54) is 11.1 Å². The fourth-order valence-electron chi connectivity index (χ4n) is 4.64. The number of nitrogens with one attached hydrogen (secondary N) is 1. The van der Waals surface area contributed by atoms with E-state index in [2.05, 4.69) is 34.5 Å².